The number of amides is 2. The first-order valence-corrected chi connectivity index (χ1v) is 12.0. The first-order chi connectivity index (χ1) is 18.6. The lowest BCUT2D eigenvalue weighted by molar-refractivity contribution is -0.153. The Kier molecular flexibility index (Phi) is 6.91. The first kappa shape index (κ1) is 26.1. The number of halogens is 3. The molecule has 0 unspecified atom stereocenters. The minimum atomic E-state index is -4.52. The van der Waals surface area contributed by atoms with Crippen molar-refractivity contribution in [1.29, 1.82) is 0 Å². The van der Waals surface area contributed by atoms with Crippen molar-refractivity contribution in [3.63, 3.8) is 0 Å². The van der Waals surface area contributed by atoms with Gasteiger partial charge in [-0.3, -0.25) is 9.59 Å². The lowest BCUT2D eigenvalue weighted by Crippen LogP contribution is -2.51. The molecule has 1 aliphatic rings. The number of nitrogens with one attached hydrogen (secondary N) is 1. The van der Waals surface area contributed by atoms with E-state index in [-0.39, 0.29) is 36.5 Å². The highest BCUT2D eigenvalue weighted by Gasteiger charge is 2.31. The van der Waals surface area contributed by atoms with Crippen LogP contribution in [0.3, 0.4) is 0 Å². The molecule has 3 aromatic heterocycles. The Labute approximate surface area is 219 Å². The number of ether oxygens (including phenoxy) is 1. The maximum absolute atomic E-state index is 13.3. The summed E-state index contributed by atoms with van der Waals surface area (Å²) in [5, 5.41) is 15.1. The summed E-state index contributed by atoms with van der Waals surface area (Å²) in [6.45, 7) is -0.564. The molecule has 0 spiro atoms. The highest BCUT2D eigenvalue weighted by Crippen LogP contribution is 2.30. The molecule has 15 heteroatoms. The number of alkyl halides is 3. The molecule has 39 heavy (non-hydrogen) atoms. The standard InChI is InChI=1S/C24H24F3N9O3/c1-34-32-20(31-33-34)14-3-2-4-15(9-14)21(37)30-16(11-28)12-35-7-8-36-18-5-6-29-22(39-13-24(25,26)27)17(18)10-19(36)23(35)38/h2-6,9-10,16H,7-8,11-13,28H2,1H3,(H,30,37)/t16-/m0/s1. The van der Waals surface area contributed by atoms with Crippen LogP contribution in [0.4, 0.5) is 13.2 Å². The predicted molar refractivity (Wildman–Crippen MR) is 132 cm³/mol. The van der Waals surface area contributed by atoms with Gasteiger partial charge in [-0.05, 0) is 29.5 Å². The zero-order valence-corrected chi connectivity index (χ0v) is 20.7. The Morgan fingerprint density at radius 1 is 1.23 bits per heavy atom. The topological polar surface area (TPSA) is 146 Å². The molecule has 12 nitrogen and oxygen atoms in total. The lowest BCUT2D eigenvalue weighted by atomic mass is 10.1. The van der Waals surface area contributed by atoms with E-state index in [0.717, 1.165) is 0 Å². The summed E-state index contributed by atoms with van der Waals surface area (Å²) in [4.78, 5) is 33.1. The number of aryl methyl sites for hydroxylation is 1. The molecule has 1 aromatic carbocycles. The van der Waals surface area contributed by atoms with Crippen molar-refractivity contribution in [1.82, 2.24) is 40.0 Å². The molecule has 4 heterocycles. The molecule has 0 saturated heterocycles. The monoisotopic (exact) mass is 543 g/mol. The summed E-state index contributed by atoms with van der Waals surface area (Å²) >= 11 is 0. The molecule has 4 aromatic rings. The van der Waals surface area contributed by atoms with Crippen LogP contribution in [0, 0.1) is 0 Å². The Balaban J connectivity index is 1.29. The molecule has 0 bridgehead atoms. The van der Waals surface area contributed by atoms with Crippen molar-refractivity contribution >= 4 is 22.7 Å². The number of fused-ring (bicyclic) bond motifs is 3. The van der Waals surface area contributed by atoms with E-state index in [0.29, 0.717) is 40.9 Å². The van der Waals surface area contributed by atoms with Gasteiger partial charge in [0.15, 0.2) is 6.61 Å². The van der Waals surface area contributed by atoms with Crippen LogP contribution in [0.25, 0.3) is 22.3 Å². The van der Waals surface area contributed by atoms with Crippen LogP contribution in [0.1, 0.15) is 20.8 Å². The third-order valence-electron chi connectivity index (χ3n) is 6.22. The quantitative estimate of drug-likeness (QED) is 0.339. The van der Waals surface area contributed by atoms with Gasteiger partial charge in [-0.1, -0.05) is 12.1 Å². The van der Waals surface area contributed by atoms with Crippen LogP contribution in [-0.2, 0) is 13.6 Å². The van der Waals surface area contributed by atoms with E-state index >= 15 is 0 Å². The third kappa shape index (κ3) is 5.52. The maximum atomic E-state index is 13.3. The Morgan fingerprint density at radius 3 is 2.77 bits per heavy atom. The summed E-state index contributed by atoms with van der Waals surface area (Å²) in [7, 11) is 1.64. The van der Waals surface area contributed by atoms with E-state index in [1.165, 1.54) is 17.1 Å². The summed E-state index contributed by atoms with van der Waals surface area (Å²) in [6, 6.07) is 9.28. The zero-order valence-electron chi connectivity index (χ0n) is 20.7. The van der Waals surface area contributed by atoms with Crippen molar-refractivity contribution in [2.45, 2.75) is 18.8 Å². The summed E-state index contributed by atoms with van der Waals surface area (Å²) in [5.74, 6) is -0.550. The number of rotatable bonds is 8. The number of hydrogen-bond donors (Lipinski definition) is 2. The molecule has 0 fully saturated rings. The summed E-state index contributed by atoms with van der Waals surface area (Å²) in [5.41, 5.74) is 7.74. The second-order valence-electron chi connectivity index (χ2n) is 8.97. The molecule has 1 atom stereocenters. The minimum absolute atomic E-state index is 0.0727. The van der Waals surface area contributed by atoms with Gasteiger partial charge in [-0.2, -0.15) is 18.0 Å². The van der Waals surface area contributed by atoms with Crippen LogP contribution < -0.4 is 15.8 Å². The molecule has 2 amide bonds. The van der Waals surface area contributed by atoms with Crippen molar-refractivity contribution in [3.8, 4) is 17.3 Å². The molecular formula is C24H24F3N9O3. The Bertz CT molecular complexity index is 1530. The normalized spacial score (nSPS) is 14.4. The number of pyridine rings is 1. The largest absolute Gasteiger partial charge is 0.468 e. The van der Waals surface area contributed by atoms with E-state index in [4.69, 9.17) is 10.5 Å². The molecule has 204 valence electrons. The van der Waals surface area contributed by atoms with E-state index in [1.54, 1.807) is 46.8 Å². The molecule has 0 aliphatic carbocycles. The number of carbonyl (C=O) groups excluding carboxylic acids is 2. The fourth-order valence-corrected chi connectivity index (χ4v) is 4.41. The summed E-state index contributed by atoms with van der Waals surface area (Å²) in [6.07, 6.45) is -3.18. The SMILES string of the molecule is Cn1nnc(-c2cccc(C(=O)N[C@@H](CN)CN3CCn4c(cc5c(OCC(F)(F)F)nccc54)C3=O)c2)n1. The highest BCUT2D eigenvalue weighted by atomic mass is 19.4. The molecular weight excluding hydrogens is 519 g/mol. The average Bonchev–Trinajstić information content (AvgIpc) is 3.52. The van der Waals surface area contributed by atoms with Crippen molar-refractivity contribution < 1.29 is 27.5 Å². The van der Waals surface area contributed by atoms with Crippen molar-refractivity contribution in [3.05, 3.63) is 53.9 Å². The molecule has 1 aliphatic heterocycles. The van der Waals surface area contributed by atoms with E-state index in [1.807, 2.05) is 0 Å². The zero-order chi connectivity index (χ0) is 27.7. The van der Waals surface area contributed by atoms with Gasteiger partial charge in [0.2, 0.25) is 11.7 Å². The second-order valence-corrected chi connectivity index (χ2v) is 8.97. The Hall–Kier alpha value is -4.53. The van der Waals surface area contributed by atoms with Gasteiger partial charge in [0.05, 0.1) is 24.0 Å². The van der Waals surface area contributed by atoms with Crippen molar-refractivity contribution in [2.24, 2.45) is 12.8 Å². The predicted octanol–water partition coefficient (Wildman–Crippen LogP) is 1.38. The molecule has 0 saturated carbocycles. The van der Waals surface area contributed by atoms with Gasteiger partial charge in [0, 0.05) is 43.5 Å². The van der Waals surface area contributed by atoms with Crippen LogP contribution in [-0.4, -0.2) is 84.9 Å². The van der Waals surface area contributed by atoms with Crippen LogP contribution in [0.15, 0.2) is 42.6 Å². The second kappa shape index (κ2) is 10.3. The fourth-order valence-electron chi connectivity index (χ4n) is 4.41. The van der Waals surface area contributed by atoms with Gasteiger partial charge in [0.1, 0.15) is 5.69 Å². The van der Waals surface area contributed by atoms with Gasteiger partial charge in [0.25, 0.3) is 11.8 Å². The maximum Gasteiger partial charge on any atom is 0.422 e. The number of nitrogens with zero attached hydrogens (tertiary/aromatic N) is 7. The lowest BCUT2D eigenvalue weighted by Gasteiger charge is -2.31. The van der Waals surface area contributed by atoms with Crippen molar-refractivity contribution in [2.75, 3.05) is 26.2 Å². The van der Waals surface area contributed by atoms with E-state index in [9.17, 15) is 22.8 Å². The van der Waals surface area contributed by atoms with Gasteiger partial charge in [-0.15, -0.1) is 10.2 Å². The Morgan fingerprint density at radius 2 is 2.05 bits per heavy atom. The molecule has 0 radical (unpaired) electrons. The first-order valence-electron chi connectivity index (χ1n) is 12.0. The van der Waals surface area contributed by atoms with Crippen LogP contribution in [0.2, 0.25) is 0 Å². The number of benzene rings is 1. The van der Waals surface area contributed by atoms with Gasteiger partial charge >= 0.3 is 6.18 Å². The number of tetrazole rings is 1. The fraction of sp³-hybridized carbons (Fsp3) is 0.333. The van der Waals surface area contributed by atoms with Crippen LogP contribution in [0.5, 0.6) is 5.88 Å². The molecule has 3 N–H and O–H groups in total. The summed E-state index contributed by atoms with van der Waals surface area (Å²) < 4.78 is 44.6. The average molecular weight is 544 g/mol. The third-order valence-corrected chi connectivity index (χ3v) is 6.22. The smallest absolute Gasteiger partial charge is 0.422 e. The van der Waals surface area contributed by atoms with Gasteiger partial charge < -0.3 is 25.3 Å². The minimum Gasteiger partial charge on any atom is -0.468 e. The van der Waals surface area contributed by atoms with E-state index < -0.39 is 18.8 Å². The number of nitrogens with two attached hydrogens (primary N) is 1. The van der Waals surface area contributed by atoms with E-state index in [2.05, 4.69) is 25.7 Å². The highest BCUT2D eigenvalue weighted by molar-refractivity contribution is 6.01. The number of aromatic nitrogens is 6. The molecule has 5 rings (SSSR count). The number of hydrogen-bond acceptors (Lipinski definition) is 8. The van der Waals surface area contributed by atoms with Crippen LogP contribution >= 0.6 is 0 Å². The number of carbonyl (C=O) groups is 2. The van der Waals surface area contributed by atoms with Gasteiger partial charge in [-0.25, -0.2) is 4.98 Å².